The smallest absolute Gasteiger partial charge is 0.306 e. The summed E-state index contributed by atoms with van der Waals surface area (Å²) in [6.45, 7) is 3.70. The normalized spacial score (nSPS) is 27.1. The lowest BCUT2D eigenvalue weighted by Crippen LogP contribution is -2.21. The maximum Gasteiger partial charge on any atom is 0.306 e. The van der Waals surface area contributed by atoms with E-state index >= 15 is 0 Å². The van der Waals surface area contributed by atoms with Crippen LogP contribution in [0.2, 0.25) is 0 Å². The predicted molar refractivity (Wildman–Crippen MR) is 57.1 cm³/mol. The van der Waals surface area contributed by atoms with Crippen LogP contribution >= 0.6 is 0 Å². The Balaban J connectivity index is 2.15. The molecule has 0 spiro atoms. The molecule has 14 heavy (non-hydrogen) atoms. The fourth-order valence-corrected chi connectivity index (χ4v) is 2.25. The lowest BCUT2D eigenvalue weighted by atomic mass is 9.80. The van der Waals surface area contributed by atoms with Crippen molar-refractivity contribution in [3.8, 4) is 0 Å². The van der Waals surface area contributed by atoms with Crippen LogP contribution in [0.3, 0.4) is 0 Å². The molecule has 0 radical (unpaired) electrons. The first kappa shape index (κ1) is 11.3. The Morgan fingerprint density at radius 1 is 1.36 bits per heavy atom. The first-order valence-electron chi connectivity index (χ1n) is 5.57. The number of aliphatic carboxylic acids is 1. The summed E-state index contributed by atoms with van der Waals surface area (Å²) in [4.78, 5) is 10.7. The molecule has 0 bridgehead atoms. The molecular formula is C12H20O2. The Labute approximate surface area is 86.0 Å². The SMILES string of the molecule is C=CCCC[C@H]1CC[C@H](C(=O)O)CC1. The van der Waals surface area contributed by atoms with Crippen LogP contribution in [0.25, 0.3) is 0 Å². The highest BCUT2D eigenvalue weighted by Crippen LogP contribution is 2.31. The fraction of sp³-hybridized carbons (Fsp3) is 0.750. The average Bonchev–Trinajstić information content (AvgIpc) is 2.19. The molecule has 0 aromatic carbocycles. The van der Waals surface area contributed by atoms with Crippen LogP contribution in [0.4, 0.5) is 0 Å². The number of hydrogen-bond donors (Lipinski definition) is 1. The third-order valence-electron chi connectivity index (χ3n) is 3.22. The van der Waals surface area contributed by atoms with E-state index in [1.165, 1.54) is 12.8 Å². The van der Waals surface area contributed by atoms with Crippen molar-refractivity contribution in [2.45, 2.75) is 44.9 Å². The van der Waals surface area contributed by atoms with Gasteiger partial charge in [-0.15, -0.1) is 6.58 Å². The molecule has 2 heteroatoms. The number of carboxylic acid groups (broad SMARTS) is 1. The summed E-state index contributed by atoms with van der Waals surface area (Å²) in [5.74, 6) is 0.103. The van der Waals surface area contributed by atoms with E-state index in [-0.39, 0.29) is 5.92 Å². The standard InChI is InChI=1S/C12H20O2/c1-2-3-4-5-10-6-8-11(9-7-10)12(13)14/h2,10-11H,1,3-9H2,(H,13,14)/t10-,11-. The summed E-state index contributed by atoms with van der Waals surface area (Å²) < 4.78 is 0. The summed E-state index contributed by atoms with van der Waals surface area (Å²) in [5, 5.41) is 8.83. The molecule has 0 aromatic rings. The summed E-state index contributed by atoms with van der Waals surface area (Å²) in [5.41, 5.74) is 0. The van der Waals surface area contributed by atoms with E-state index in [1.54, 1.807) is 0 Å². The van der Waals surface area contributed by atoms with Crippen molar-refractivity contribution in [3.05, 3.63) is 12.7 Å². The molecule has 1 N–H and O–H groups in total. The maximum absolute atomic E-state index is 10.7. The van der Waals surface area contributed by atoms with Crippen LogP contribution in [0, 0.1) is 11.8 Å². The molecule has 80 valence electrons. The van der Waals surface area contributed by atoms with Gasteiger partial charge in [0.05, 0.1) is 5.92 Å². The van der Waals surface area contributed by atoms with Crippen LogP contribution in [-0.4, -0.2) is 11.1 Å². The first-order valence-corrected chi connectivity index (χ1v) is 5.57. The zero-order chi connectivity index (χ0) is 10.4. The minimum atomic E-state index is -0.602. The van der Waals surface area contributed by atoms with Gasteiger partial charge in [0.1, 0.15) is 0 Å². The molecule has 1 saturated carbocycles. The number of rotatable bonds is 5. The largest absolute Gasteiger partial charge is 0.481 e. The van der Waals surface area contributed by atoms with Crippen LogP contribution < -0.4 is 0 Å². The van der Waals surface area contributed by atoms with Crippen molar-refractivity contribution in [3.63, 3.8) is 0 Å². The van der Waals surface area contributed by atoms with E-state index in [2.05, 4.69) is 6.58 Å². The van der Waals surface area contributed by atoms with Gasteiger partial charge in [0.25, 0.3) is 0 Å². The van der Waals surface area contributed by atoms with Gasteiger partial charge in [-0.25, -0.2) is 0 Å². The molecule has 1 rings (SSSR count). The molecule has 2 nitrogen and oxygen atoms in total. The second-order valence-corrected chi connectivity index (χ2v) is 4.28. The fourth-order valence-electron chi connectivity index (χ4n) is 2.25. The molecular weight excluding hydrogens is 176 g/mol. The Morgan fingerprint density at radius 2 is 2.00 bits per heavy atom. The highest BCUT2D eigenvalue weighted by atomic mass is 16.4. The average molecular weight is 196 g/mol. The third kappa shape index (κ3) is 3.52. The summed E-state index contributed by atoms with van der Waals surface area (Å²) >= 11 is 0. The van der Waals surface area contributed by atoms with E-state index in [9.17, 15) is 4.79 Å². The highest BCUT2D eigenvalue weighted by Gasteiger charge is 2.25. The van der Waals surface area contributed by atoms with Crippen LogP contribution in [0.1, 0.15) is 44.9 Å². The molecule has 0 atom stereocenters. The first-order chi connectivity index (χ1) is 6.74. The van der Waals surface area contributed by atoms with Crippen LogP contribution in [-0.2, 0) is 4.79 Å². The Hall–Kier alpha value is -0.790. The van der Waals surface area contributed by atoms with E-state index in [1.807, 2.05) is 6.08 Å². The van der Waals surface area contributed by atoms with Gasteiger partial charge in [0, 0.05) is 0 Å². The zero-order valence-electron chi connectivity index (χ0n) is 8.74. The van der Waals surface area contributed by atoms with Crippen molar-refractivity contribution in [1.29, 1.82) is 0 Å². The van der Waals surface area contributed by atoms with Crippen molar-refractivity contribution >= 4 is 5.97 Å². The number of unbranched alkanes of at least 4 members (excludes halogenated alkanes) is 1. The minimum Gasteiger partial charge on any atom is -0.481 e. The van der Waals surface area contributed by atoms with Gasteiger partial charge in [-0.2, -0.15) is 0 Å². The number of carbonyl (C=O) groups is 1. The minimum absolute atomic E-state index is 0.0642. The van der Waals surface area contributed by atoms with Crippen LogP contribution in [0.5, 0.6) is 0 Å². The molecule has 0 amide bonds. The quantitative estimate of drug-likeness (QED) is 0.541. The van der Waals surface area contributed by atoms with E-state index in [0.29, 0.717) is 0 Å². The Bertz CT molecular complexity index is 190. The number of carboxylic acids is 1. The molecule has 0 saturated heterocycles. The molecule has 1 aliphatic carbocycles. The van der Waals surface area contributed by atoms with Gasteiger partial charge in [-0.3, -0.25) is 4.79 Å². The lowest BCUT2D eigenvalue weighted by molar-refractivity contribution is -0.143. The van der Waals surface area contributed by atoms with Gasteiger partial charge < -0.3 is 5.11 Å². The molecule has 0 aliphatic heterocycles. The van der Waals surface area contributed by atoms with Gasteiger partial charge in [0.15, 0.2) is 0 Å². The molecule has 0 heterocycles. The topological polar surface area (TPSA) is 37.3 Å². The Kier molecular flexibility index (Phi) is 4.71. The van der Waals surface area contributed by atoms with Crippen molar-refractivity contribution < 1.29 is 9.90 Å². The molecule has 1 aliphatic rings. The molecule has 0 aromatic heterocycles. The van der Waals surface area contributed by atoms with Gasteiger partial charge in [0.2, 0.25) is 0 Å². The van der Waals surface area contributed by atoms with Crippen molar-refractivity contribution in [2.75, 3.05) is 0 Å². The molecule has 1 fully saturated rings. The second kappa shape index (κ2) is 5.84. The summed E-state index contributed by atoms with van der Waals surface area (Å²) in [7, 11) is 0. The third-order valence-corrected chi connectivity index (χ3v) is 3.22. The number of allylic oxidation sites excluding steroid dienone is 1. The van der Waals surface area contributed by atoms with Crippen molar-refractivity contribution in [1.82, 2.24) is 0 Å². The maximum atomic E-state index is 10.7. The Morgan fingerprint density at radius 3 is 2.50 bits per heavy atom. The number of hydrogen-bond acceptors (Lipinski definition) is 1. The lowest BCUT2D eigenvalue weighted by Gasteiger charge is -2.25. The monoisotopic (exact) mass is 196 g/mol. The van der Waals surface area contributed by atoms with Crippen molar-refractivity contribution in [2.24, 2.45) is 11.8 Å². The molecule has 0 unspecified atom stereocenters. The van der Waals surface area contributed by atoms with Gasteiger partial charge in [-0.1, -0.05) is 12.5 Å². The van der Waals surface area contributed by atoms with Crippen LogP contribution in [0.15, 0.2) is 12.7 Å². The zero-order valence-corrected chi connectivity index (χ0v) is 8.74. The van der Waals surface area contributed by atoms with E-state index < -0.39 is 5.97 Å². The van der Waals surface area contributed by atoms with E-state index in [0.717, 1.165) is 38.0 Å². The second-order valence-electron chi connectivity index (χ2n) is 4.28. The summed E-state index contributed by atoms with van der Waals surface area (Å²) in [6, 6.07) is 0. The van der Waals surface area contributed by atoms with E-state index in [4.69, 9.17) is 5.11 Å². The van der Waals surface area contributed by atoms with Gasteiger partial charge in [-0.05, 0) is 44.4 Å². The predicted octanol–water partition coefficient (Wildman–Crippen LogP) is 3.23. The highest BCUT2D eigenvalue weighted by molar-refractivity contribution is 5.69. The summed E-state index contributed by atoms with van der Waals surface area (Å²) in [6.07, 6.45) is 9.50. The van der Waals surface area contributed by atoms with Gasteiger partial charge >= 0.3 is 5.97 Å².